The van der Waals surface area contributed by atoms with Crippen LogP contribution in [0.3, 0.4) is 0 Å². The highest BCUT2D eigenvalue weighted by Gasteiger charge is 2.35. The molecule has 2 saturated heterocycles. The van der Waals surface area contributed by atoms with Gasteiger partial charge in [0.15, 0.2) is 0 Å². The van der Waals surface area contributed by atoms with Gasteiger partial charge in [-0.25, -0.2) is 9.67 Å². The average molecular weight is 277 g/mol. The van der Waals surface area contributed by atoms with Gasteiger partial charge in [-0.2, -0.15) is 5.10 Å². The maximum absolute atomic E-state index is 4.39. The third-order valence-corrected chi connectivity index (χ3v) is 5.03. The highest BCUT2D eigenvalue weighted by atomic mass is 15.4. The van der Waals surface area contributed by atoms with Crippen molar-refractivity contribution < 1.29 is 0 Å². The maximum atomic E-state index is 4.39. The van der Waals surface area contributed by atoms with Crippen LogP contribution in [0.5, 0.6) is 0 Å². The lowest BCUT2D eigenvalue weighted by Crippen LogP contribution is -2.54. The summed E-state index contributed by atoms with van der Waals surface area (Å²) in [7, 11) is 2.31. The number of aromatic nitrogens is 3. The first kappa shape index (κ1) is 14.0. The lowest BCUT2D eigenvalue weighted by atomic mass is 9.82. The van der Waals surface area contributed by atoms with Gasteiger partial charge in [0, 0.05) is 24.2 Å². The van der Waals surface area contributed by atoms with E-state index in [2.05, 4.69) is 41.2 Å². The molecule has 1 aromatic heterocycles. The Hall–Kier alpha value is -0.940. The molecule has 0 aromatic carbocycles. The monoisotopic (exact) mass is 277 g/mol. The van der Waals surface area contributed by atoms with Gasteiger partial charge in [-0.05, 0) is 46.6 Å². The molecule has 1 N–H and O–H groups in total. The molecular weight excluding hydrogens is 250 g/mol. The fourth-order valence-electron chi connectivity index (χ4n) is 3.85. The Morgan fingerprint density at radius 1 is 1.30 bits per heavy atom. The second-order valence-corrected chi connectivity index (χ2v) is 6.67. The molecule has 0 radical (unpaired) electrons. The zero-order chi connectivity index (χ0) is 14.1. The van der Waals surface area contributed by atoms with Crippen molar-refractivity contribution in [2.24, 2.45) is 0 Å². The van der Waals surface area contributed by atoms with E-state index in [1.165, 1.54) is 32.1 Å². The van der Waals surface area contributed by atoms with Crippen molar-refractivity contribution in [3.8, 4) is 0 Å². The topological polar surface area (TPSA) is 46.0 Å². The number of rotatable bonds is 4. The Morgan fingerprint density at radius 3 is 2.65 bits per heavy atom. The van der Waals surface area contributed by atoms with E-state index in [-0.39, 0.29) is 0 Å². The van der Waals surface area contributed by atoms with E-state index in [1.807, 2.05) is 4.68 Å². The summed E-state index contributed by atoms with van der Waals surface area (Å²) in [5, 5.41) is 8.02. The van der Waals surface area contributed by atoms with Crippen molar-refractivity contribution in [2.75, 3.05) is 7.05 Å². The van der Waals surface area contributed by atoms with Crippen LogP contribution in [0.15, 0.2) is 6.33 Å². The van der Waals surface area contributed by atoms with Gasteiger partial charge in [0.25, 0.3) is 0 Å². The summed E-state index contributed by atoms with van der Waals surface area (Å²) in [5.74, 6) is 1.06. The summed E-state index contributed by atoms with van der Waals surface area (Å²) >= 11 is 0. The molecule has 0 amide bonds. The van der Waals surface area contributed by atoms with Gasteiger partial charge >= 0.3 is 0 Å². The molecule has 2 fully saturated rings. The highest BCUT2D eigenvalue weighted by Crippen LogP contribution is 2.32. The molecule has 2 bridgehead atoms. The molecule has 3 rings (SSSR count). The molecule has 0 saturated carbocycles. The zero-order valence-corrected chi connectivity index (χ0v) is 12.9. The molecule has 2 unspecified atom stereocenters. The van der Waals surface area contributed by atoms with Gasteiger partial charge in [-0.15, -0.1) is 0 Å². The van der Waals surface area contributed by atoms with E-state index in [4.69, 9.17) is 0 Å². The number of fused-ring (bicyclic) bond motifs is 2. The van der Waals surface area contributed by atoms with Crippen LogP contribution in [0, 0.1) is 0 Å². The van der Waals surface area contributed by atoms with Crippen LogP contribution < -0.4 is 5.32 Å². The summed E-state index contributed by atoms with van der Waals surface area (Å²) in [5.41, 5.74) is 0. The molecule has 2 atom stereocenters. The van der Waals surface area contributed by atoms with Gasteiger partial charge < -0.3 is 10.2 Å². The number of hydrogen-bond donors (Lipinski definition) is 1. The van der Waals surface area contributed by atoms with Crippen molar-refractivity contribution in [3.63, 3.8) is 0 Å². The largest absolute Gasteiger partial charge is 0.307 e. The lowest BCUT2D eigenvalue weighted by molar-refractivity contribution is 0.0480. The number of nitrogens with zero attached hydrogens (tertiary/aromatic N) is 4. The van der Waals surface area contributed by atoms with Crippen LogP contribution in [0.1, 0.15) is 57.8 Å². The standard InChI is InChI=1S/C15H27N5/c1-11(2)20-15(17-10-18-20)9-16-12-7-13-5-4-6-14(8-12)19(13)3/h10-14,16H,4-9H2,1-3H3. The molecule has 20 heavy (non-hydrogen) atoms. The molecule has 0 aliphatic carbocycles. The predicted molar refractivity (Wildman–Crippen MR) is 79.5 cm³/mol. The molecule has 5 heteroatoms. The van der Waals surface area contributed by atoms with Crippen molar-refractivity contribution in [1.82, 2.24) is 25.0 Å². The van der Waals surface area contributed by atoms with Crippen LogP contribution in [0.25, 0.3) is 0 Å². The molecule has 3 heterocycles. The number of nitrogens with one attached hydrogen (secondary N) is 1. The Balaban J connectivity index is 1.58. The molecular formula is C15H27N5. The number of piperidine rings is 2. The second-order valence-electron chi connectivity index (χ2n) is 6.67. The van der Waals surface area contributed by atoms with Crippen molar-refractivity contribution in [1.29, 1.82) is 0 Å². The Bertz CT molecular complexity index is 427. The minimum atomic E-state index is 0.381. The molecule has 1 aromatic rings. The van der Waals surface area contributed by atoms with E-state index in [1.54, 1.807) is 6.33 Å². The van der Waals surface area contributed by atoms with Gasteiger partial charge in [0.05, 0.1) is 6.54 Å². The first-order valence-electron chi connectivity index (χ1n) is 7.99. The van der Waals surface area contributed by atoms with Crippen LogP contribution in [0.4, 0.5) is 0 Å². The lowest BCUT2D eigenvalue weighted by Gasteiger charge is -2.47. The highest BCUT2D eigenvalue weighted by molar-refractivity contribution is 4.95. The van der Waals surface area contributed by atoms with E-state index < -0.39 is 0 Å². The maximum Gasteiger partial charge on any atom is 0.141 e. The summed E-state index contributed by atoms with van der Waals surface area (Å²) in [4.78, 5) is 7.00. The molecule has 2 aliphatic rings. The van der Waals surface area contributed by atoms with Gasteiger partial charge in [0.2, 0.25) is 0 Å². The smallest absolute Gasteiger partial charge is 0.141 e. The summed E-state index contributed by atoms with van der Waals surface area (Å²) < 4.78 is 2.02. The van der Waals surface area contributed by atoms with Crippen LogP contribution in [-0.4, -0.2) is 44.8 Å². The van der Waals surface area contributed by atoms with E-state index in [9.17, 15) is 0 Å². The van der Waals surface area contributed by atoms with Crippen LogP contribution in [0.2, 0.25) is 0 Å². The second kappa shape index (κ2) is 5.82. The third-order valence-electron chi connectivity index (χ3n) is 5.03. The van der Waals surface area contributed by atoms with Gasteiger partial charge in [0.1, 0.15) is 12.2 Å². The molecule has 0 spiro atoms. The van der Waals surface area contributed by atoms with Crippen molar-refractivity contribution in [2.45, 2.75) is 76.7 Å². The quantitative estimate of drug-likeness (QED) is 0.914. The Labute approximate surface area is 121 Å². The summed E-state index contributed by atoms with van der Waals surface area (Å²) in [6.07, 6.45) is 8.38. The minimum Gasteiger partial charge on any atom is -0.307 e. The SMILES string of the molecule is CC(C)n1ncnc1CNC1CC2CCCC(C1)N2C. The zero-order valence-electron chi connectivity index (χ0n) is 12.9. The first-order chi connectivity index (χ1) is 9.65. The van der Waals surface area contributed by atoms with E-state index >= 15 is 0 Å². The third kappa shape index (κ3) is 2.74. The normalized spacial score (nSPS) is 30.9. The number of hydrogen-bond acceptors (Lipinski definition) is 4. The fourth-order valence-corrected chi connectivity index (χ4v) is 3.85. The molecule has 5 nitrogen and oxygen atoms in total. The molecule has 112 valence electrons. The van der Waals surface area contributed by atoms with Crippen molar-refractivity contribution >= 4 is 0 Å². The van der Waals surface area contributed by atoms with Gasteiger partial charge in [-0.1, -0.05) is 6.42 Å². The average Bonchev–Trinajstić information content (AvgIpc) is 2.85. The predicted octanol–water partition coefficient (Wildman–Crippen LogP) is 1.96. The van der Waals surface area contributed by atoms with Crippen LogP contribution >= 0.6 is 0 Å². The van der Waals surface area contributed by atoms with Crippen molar-refractivity contribution in [3.05, 3.63) is 12.2 Å². The Kier molecular flexibility index (Phi) is 4.08. The van der Waals surface area contributed by atoms with E-state index in [0.29, 0.717) is 12.1 Å². The fraction of sp³-hybridized carbons (Fsp3) is 0.867. The molecule has 2 aliphatic heterocycles. The summed E-state index contributed by atoms with van der Waals surface area (Å²) in [6.45, 7) is 5.14. The Morgan fingerprint density at radius 2 is 2.00 bits per heavy atom. The minimum absolute atomic E-state index is 0.381. The van der Waals surface area contributed by atoms with Crippen LogP contribution in [-0.2, 0) is 6.54 Å². The summed E-state index contributed by atoms with van der Waals surface area (Å²) in [6, 6.07) is 2.58. The van der Waals surface area contributed by atoms with Gasteiger partial charge in [-0.3, -0.25) is 0 Å². The first-order valence-corrected chi connectivity index (χ1v) is 7.99. The van der Waals surface area contributed by atoms with E-state index in [0.717, 1.165) is 24.5 Å².